The number of hydrogen-bond donors (Lipinski definition) is 2. The summed E-state index contributed by atoms with van der Waals surface area (Å²) < 4.78 is 5.85. The van der Waals surface area contributed by atoms with Gasteiger partial charge >= 0.3 is 0 Å². The highest BCUT2D eigenvalue weighted by atomic mass is 35.5. The smallest absolute Gasteiger partial charge is 0.237 e. The first-order valence-corrected chi connectivity index (χ1v) is 7.46. The number of hydrogen-bond acceptors (Lipinski definition) is 4. The summed E-state index contributed by atoms with van der Waals surface area (Å²) in [5, 5.41) is 3.65. The third kappa shape index (κ3) is 5.11. The van der Waals surface area contributed by atoms with Crippen molar-refractivity contribution in [1.29, 1.82) is 0 Å². The molecule has 1 amide bonds. The van der Waals surface area contributed by atoms with Gasteiger partial charge in [0.1, 0.15) is 0 Å². The molecule has 2 rings (SSSR count). The highest BCUT2D eigenvalue weighted by molar-refractivity contribution is 6.30. The average molecular weight is 348 g/mol. The third-order valence-corrected chi connectivity index (χ3v) is 3.86. The summed E-state index contributed by atoms with van der Waals surface area (Å²) in [6, 6.07) is 6.66. The first kappa shape index (κ1) is 19.2. The third-order valence-electron chi connectivity index (χ3n) is 3.61. The van der Waals surface area contributed by atoms with Gasteiger partial charge in [-0.2, -0.15) is 0 Å². The zero-order chi connectivity index (χ0) is 15.4. The lowest BCUT2D eigenvalue weighted by molar-refractivity contribution is -0.125. The lowest BCUT2D eigenvalue weighted by Gasteiger charge is -2.36. The van der Waals surface area contributed by atoms with Crippen LogP contribution < -0.4 is 11.1 Å². The van der Waals surface area contributed by atoms with Gasteiger partial charge in [0.2, 0.25) is 5.91 Å². The van der Waals surface area contributed by atoms with E-state index in [0.29, 0.717) is 11.6 Å². The number of halogens is 2. The van der Waals surface area contributed by atoms with Crippen LogP contribution in [0.2, 0.25) is 5.02 Å². The van der Waals surface area contributed by atoms with Crippen molar-refractivity contribution in [1.82, 2.24) is 10.2 Å². The quantitative estimate of drug-likeness (QED) is 0.867. The zero-order valence-electron chi connectivity index (χ0n) is 12.8. The first-order chi connectivity index (χ1) is 9.97. The van der Waals surface area contributed by atoms with Crippen molar-refractivity contribution in [2.75, 3.05) is 26.7 Å². The maximum Gasteiger partial charge on any atom is 0.237 e. The molecule has 1 aliphatic rings. The number of rotatable bonds is 4. The van der Waals surface area contributed by atoms with Crippen LogP contribution in [0.4, 0.5) is 0 Å². The fraction of sp³-hybridized carbons (Fsp3) is 0.533. The number of amides is 1. The number of nitrogens with one attached hydrogen (secondary N) is 1. The molecule has 0 saturated carbocycles. The highest BCUT2D eigenvalue weighted by Gasteiger charge is 2.30. The van der Waals surface area contributed by atoms with Gasteiger partial charge in [0, 0.05) is 18.1 Å². The van der Waals surface area contributed by atoms with Gasteiger partial charge in [-0.25, -0.2) is 0 Å². The van der Waals surface area contributed by atoms with Gasteiger partial charge in [-0.15, -0.1) is 12.4 Å². The zero-order valence-corrected chi connectivity index (χ0v) is 14.4. The molecule has 1 heterocycles. The number of carbonyl (C=O) groups is 1. The van der Waals surface area contributed by atoms with Crippen LogP contribution in [-0.2, 0) is 9.53 Å². The summed E-state index contributed by atoms with van der Waals surface area (Å²) in [4.78, 5) is 14.2. The van der Waals surface area contributed by atoms with Crippen LogP contribution in [0.15, 0.2) is 24.3 Å². The molecular weight excluding hydrogens is 325 g/mol. The molecule has 1 fully saturated rings. The average Bonchev–Trinajstić information content (AvgIpc) is 2.45. The molecule has 0 radical (unpaired) electrons. The van der Waals surface area contributed by atoms with E-state index in [1.165, 1.54) is 0 Å². The number of ether oxygens (including phenoxy) is 1. The van der Waals surface area contributed by atoms with Crippen LogP contribution in [0.3, 0.4) is 0 Å². The molecule has 1 aromatic rings. The van der Waals surface area contributed by atoms with Gasteiger partial charge in [-0.1, -0.05) is 23.7 Å². The minimum atomic E-state index is -0.555. The molecule has 1 aliphatic heterocycles. The van der Waals surface area contributed by atoms with Gasteiger partial charge in [0.05, 0.1) is 24.8 Å². The van der Waals surface area contributed by atoms with Crippen molar-refractivity contribution in [2.24, 2.45) is 5.73 Å². The normalized spacial score (nSPS) is 21.5. The first-order valence-electron chi connectivity index (χ1n) is 7.09. The molecular formula is C15H23Cl2N3O2. The number of nitrogens with zero attached hydrogens (tertiary/aromatic N) is 1. The molecule has 1 aromatic carbocycles. The molecule has 0 bridgehead atoms. The molecule has 3 atom stereocenters. The second-order valence-electron chi connectivity index (χ2n) is 5.50. The molecule has 1 saturated heterocycles. The monoisotopic (exact) mass is 347 g/mol. The van der Waals surface area contributed by atoms with Gasteiger partial charge in [0.15, 0.2) is 0 Å². The van der Waals surface area contributed by atoms with Crippen molar-refractivity contribution in [3.05, 3.63) is 34.9 Å². The molecule has 7 heteroatoms. The van der Waals surface area contributed by atoms with E-state index in [9.17, 15) is 4.79 Å². The maximum absolute atomic E-state index is 12.0. The molecule has 0 aliphatic carbocycles. The summed E-state index contributed by atoms with van der Waals surface area (Å²) in [5.41, 5.74) is 6.63. The topological polar surface area (TPSA) is 67.6 Å². The van der Waals surface area contributed by atoms with Gasteiger partial charge < -0.3 is 20.7 Å². The molecule has 0 aromatic heterocycles. The Morgan fingerprint density at radius 1 is 1.45 bits per heavy atom. The number of likely N-dealkylation sites (N-methyl/N-ethyl adjacent to an activating group) is 1. The Balaban J connectivity index is 0.00000242. The summed E-state index contributed by atoms with van der Waals surface area (Å²) >= 11 is 5.93. The molecule has 22 heavy (non-hydrogen) atoms. The second-order valence-corrected chi connectivity index (χ2v) is 5.93. The van der Waals surface area contributed by atoms with Crippen LogP contribution in [0.1, 0.15) is 18.5 Å². The fourth-order valence-electron chi connectivity index (χ4n) is 2.36. The largest absolute Gasteiger partial charge is 0.373 e. The lowest BCUT2D eigenvalue weighted by atomic mass is 9.99. The summed E-state index contributed by atoms with van der Waals surface area (Å²) in [7, 11) is 2.04. The van der Waals surface area contributed by atoms with Gasteiger partial charge in [0.25, 0.3) is 0 Å². The maximum atomic E-state index is 12.0. The lowest BCUT2D eigenvalue weighted by Crippen LogP contribution is -2.50. The van der Waals surface area contributed by atoms with Gasteiger partial charge in [-0.3, -0.25) is 4.79 Å². The van der Waals surface area contributed by atoms with Crippen LogP contribution in [-0.4, -0.2) is 49.7 Å². The van der Waals surface area contributed by atoms with E-state index in [0.717, 1.165) is 18.7 Å². The van der Waals surface area contributed by atoms with Crippen molar-refractivity contribution in [3.8, 4) is 0 Å². The Morgan fingerprint density at radius 2 is 2.09 bits per heavy atom. The van der Waals surface area contributed by atoms with Crippen LogP contribution in [0.5, 0.6) is 0 Å². The minimum Gasteiger partial charge on any atom is -0.373 e. The van der Waals surface area contributed by atoms with Crippen LogP contribution in [0, 0.1) is 0 Å². The summed E-state index contributed by atoms with van der Waals surface area (Å²) in [6.07, 6.45) is -0.104. The Labute approximate surface area is 142 Å². The van der Waals surface area contributed by atoms with E-state index >= 15 is 0 Å². The molecule has 3 N–H and O–H groups in total. The van der Waals surface area contributed by atoms with Gasteiger partial charge in [-0.05, 0) is 31.7 Å². The SMILES string of the molecule is CC(N)C(=O)NC(c1ccc(Cl)cc1)C1CN(C)CCO1.Cl. The van der Waals surface area contributed by atoms with Crippen molar-refractivity contribution in [2.45, 2.75) is 25.1 Å². The highest BCUT2D eigenvalue weighted by Crippen LogP contribution is 2.24. The van der Waals surface area contributed by atoms with E-state index < -0.39 is 6.04 Å². The molecule has 0 spiro atoms. The van der Waals surface area contributed by atoms with E-state index in [-0.39, 0.29) is 30.5 Å². The van der Waals surface area contributed by atoms with E-state index in [4.69, 9.17) is 22.1 Å². The molecule has 5 nitrogen and oxygen atoms in total. The predicted octanol–water partition coefficient (Wildman–Crippen LogP) is 1.60. The minimum absolute atomic E-state index is 0. The number of morpholine rings is 1. The van der Waals surface area contributed by atoms with Crippen LogP contribution in [0.25, 0.3) is 0 Å². The standard InChI is InChI=1S/C15H22ClN3O2.ClH/c1-10(17)15(20)18-14(11-3-5-12(16)6-4-11)13-9-19(2)7-8-21-13;/h3-6,10,13-14H,7-9,17H2,1-2H3,(H,18,20);1H. The van der Waals surface area contributed by atoms with Crippen LogP contribution >= 0.6 is 24.0 Å². The number of nitrogens with two attached hydrogens (primary N) is 1. The predicted molar refractivity (Wildman–Crippen MR) is 90.5 cm³/mol. The summed E-state index contributed by atoms with van der Waals surface area (Å²) in [6.45, 7) is 3.97. The van der Waals surface area contributed by atoms with Crippen molar-refractivity contribution < 1.29 is 9.53 Å². The van der Waals surface area contributed by atoms with E-state index in [1.54, 1.807) is 6.92 Å². The molecule has 3 unspecified atom stereocenters. The molecule has 124 valence electrons. The van der Waals surface area contributed by atoms with E-state index in [2.05, 4.69) is 10.2 Å². The summed E-state index contributed by atoms with van der Waals surface area (Å²) in [5.74, 6) is -0.188. The second kappa shape index (κ2) is 8.70. The van der Waals surface area contributed by atoms with E-state index in [1.807, 2.05) is 31.3 Å². The Hall–Kier alpha value is -0.850. The Kier molecular flexibility index (Phi) is 7.59. The number of carbonyl (C=O) groups excluding carboxylic acids is 1. The van der Waals surface area contributed by atoms with Crippen molar-refractivity contribution in [3.63, 3.8) is 0 Å². The number of benzene rings is 1. The Morgan fingerprint density at radius 3 is 2.64 bits per heavy atom. The van der Waals surface area contributed by atoms with Crippen molar-refractivity contribution >= 4 is 29.9 Å². The fourth-order valence-corrected chi connectivity index (χ4v) is 2.48. The Bertz CT molecular complexity index is 482.